The molecule has 0 fully saturated rings. The summed E-state index contributed by atoms with van der Waals surface area (Å²) < 4.78 is 4.58. The predicted molar refractivity (Wildman–Crippen MR) is 60.5 cm³/mol. The van der Waals surface area contributed by atoms with Crippen molar-refractivity contribution in [2.24, 2.45) is 5.73 Å². The third-order valence-electron chi connectivity index (χ3n) is 1.81. The molecule has 0 aliphatic rings. The van der Waals surface area contributed by atoms with Crippen LogP contribution in [0.2, 0.25) is 0 Å². The third kappa shape index (κ3) is 2.77. The van der Waals surface area contributed by atoms with Gasteiger partial charge >= 0.3 is 5.97 Å². The number of ether oxygens (including phenoxy) is 1. The first-order valence-corrected chi connectivity index (χ1v) is 5.39. The Hall–Kier alpha value is -1.47. The molecule has 1 atom stereocenters. The summed E-state index contributed by atoms with van der Waals surface area (Å²) in [5, 5.41) is 2.86. The number of methoxy groups -OCH3 is 1. The minimum Gasteiger partial charge on any atom is -0.465 e. The monoisotopic (exact) mass is 243 g/mol. The number of aromatic nitrogens is 1. The van der Waals surface area contributed by atoms with Crippen LogP contribution in [0, 0.1) is 6.92 Å². The molecule has 1 rings (SSSR count). The lowest BCUT2D eigenvalue weighted by Crippen LogP contribution is -2.32. The van der Waals surface area contributed by atoms with Crippen LogP contribution in [0.4, 0.5) is 5.13 Å². The molecule has 1 unspecified atom stereocenters. The predicted octanol–water partition coefficient (Wildman–Crippen LogP) is 0.524. The van der Waals surface area contributed by atoms with Crippen LogP contribution in [-0.4, -0.2) is 30.0 Å². The molecule has 6 nitrogen and oxygen atoms in total. The Bertz CT molecular complexity index is 414. The first-order chi connectivity index (χ1) is 7.45. The van der Waals surface area contributed by atoms with Crippen LogP contribution in [0.5, 0.6) is 0 Å². The van der Waals surface area contributed by atoms with Gasteiger partial charge in [0.15, 0.2) is 5.13 Å². The van der Waals surface area contributed by atoms with Crippen molar-refractivity contribution in [1.82, 2.24) is 4.98 Å². The molecule has 1 aromatic heterocycles. The van der Waals surface area contributed by atoms with E-state index in [-0.39, 0.29) is 5.91 Å². The number of hydrogen-bond acceptors (Lipinski definition) is 6. The fraction of sp³-hybridized carbons (Fsp3) is 0.444. The Morgan fingerprint density at radius 1 is 1.56 bits per heavy atom. The van der Waals surface area contributed by atoms with E-state index in [1.54, 1.807) is 13.8 Å². The number of esters is 1. The first-order valence-electron chi connectivity index (χ1n) is 4.58. The van der Waals surface area contributed by atoms with Gasteiger partial charge < -0.3 is 15.8 Å². The lowest BCUT2D eigenvalue weighted by molar-refractivity contribution is -0.117. The number of nitrogens with one attached hydrogen (secondary N) is 1. The summed E-state index contributed by atoms with van der Waals surface area (Å²) in [5.74, 6) is -0.804. The fourth-order valence-electron chi connectivity index (χ4n) is 0.951. The van der Waals surface area contributed by atoms with Crippen molar-refractivity contribution >= 4 is 28.3 Å². The summed E-state index contributed by atoms with van der Waals surface area (Å²) in [4.78, 5) is 27.0. The van der Waals surface area contributed by atoms with Crippen molar-refractivity contribution in [3.05, 3.63) is 10.6 Å². The van der Waals surface area contributed by atoms with Gasteiger partial charge in [0.2, 0.25) is 5.91 Å². The average molecular weight is 243 g/mol. The van der Waals surface area contributed by atoms with Crippen molar-refractivity contribution in [3.63, 3.8) is 0 Å². The summed E-state index contributed by atoms with van der Waals surface area (Å²) in [6.07, 6.45) is 0. The van der Waals surface area contributed by atoms with Crippen LogP contribution in [0.1, 0.15) is 22.3 Å². The molecule has 1 heterocycles. The number of carbonyl (C=O) groups excluding carboxylic acids is 2. The Morgan fingerprint density at radius 2 is 2.19 bits per heavy atom. The van der Waals surface area contributed by atoms with Gasteiger partial charge in [0, 0.05) is 0 Å². The van der Waals surface area contributed by atoms with Gasteiger partial charge in [-0.1, -0.05) is 11.3 Å². The molecule has 0 aromatic carbocycles. The smallest absolute Gasteiger partial charge is 0.350 e. The van der Waals surface area contributed by atoms with E-state index in [0.717, 1.165) is 11.3 Å². The summed E-state index contributed by atoms with van der Waals surface area (Å²) in [5.41, 5.74) is 5.91. The number of carbonyl (C=O) groups is 2. The number of nitrogens with two attached hydrogens (primary N) is 1. The van der Waals surface area contributed by atoms with Gasteiger partial charge in [0.25, 0.3) is 0 Å². The highest BCUT2D eigenvalue weighted by Crippen LogP contribution is 2.23. The van der Waals surface area contributed by atoms with Crippen molar-refractivity contribution < 1.29 is 14.3 Å². The maximum absolute atomic E-state index is 11.3. The molecular weight excluding hydrogens is 230 g/mol. The van der Waals surface area contributed by atoms with Crippen LogP contribution >= 0.6 is 11.3 Å². The van der Waals surface area contributed by atoms with E-state index in [1.807, 2.05) is 0 Å². The highest BCUT2D eigenvalue weighted by Gasteiger charge is 2.17. The molecule has 0 saturated heterocycles. The number of hydrogen-bond donors (Lipinski definition) is 2. The number of aryl methyl sites for hydroxylation is 1. The summed E-state index contributed by atoms with van der Waals surface area (Å²) in [6, 6.07) is -0.620. The van der Waals surface area contributed by atoms with Crippen LogP contribution in [0.15, 0.2) is 0 Å². The van der Waals surface area contributed by atoms with E-state index in [0.29, 0.717) is 15.7 Å². The molecule has 0 aliphatic heterocycles. The Kier molecular flexibility index (Phi) is 3.97. The molecular formula is C9H13N3O3S. The van der Waals surface area contributed by atoms with E-state index < -0.39 is 12.0 Å². The first kappa shape index (κ1) is 12.6. The topological polar surface area (TPSA) is 94.3 Å². The number of rotatable bonds is 3. The largest absolute Gasteiger partial charge is 0.465 e. The van der Waals surface area contributed by atoms with Gasteiger partial charge in [0.1, 0.15) is 4.88 Å². The molecule has 0 spiro atoms. The van der Waals surface area contributed by atoms with E-state index in [2.05, 4.69) is 15.0 Å². The Labute approximate surface area is 96.8 Å². The second-order valence-corrected chi connectivity index (χ2v) is 4.20. The van der Waals surface area contributed by atoms with Gasteiger partial charge in [0.05, 0.1) is 18.8 Å². The Balaban J connectivity index is 2.85. The molecule has 0 radical (unpaired) electrons. The van der Waals surface area contributed by atoms with E-state index in [9.17, 15) is 9.59 Å². The van der Waals surface area contributed by atoms with E-state index >= 15 is 0 Å². The van der Waals surface area contributed by atoms with Gasteiger partial charge in [-0.25, -0.2) is 9.78 Å². The molecule has 88 valence electrons. The quantitative estimate of drug-likeness (QED) is 0.755. The fourth-order valence-corrected chi connectivity index (χ4v) is 1.84. The summed E-state index contributed by atoms with van der Waals surface area (Å²) in [6.45, 7) is 3.24. The minimum atomic E-state index is -0.620. The highest BCUT2D eigenvalue weighted by atomic mass is 32.1. The van der Waals surface area contributed by atoms with Crippen LogP contribution in [0.25, 0.3) is 0 Å². The van der Waals surface area contributed by atoms with Crippen LogP contribution in [0.3, 0.4) is 0 Å². The SMILES string of the molecule is COC(=O)c1sc(NC(=O)C(C)N)nc1C. The molecule has 0 saturated carbocycles. The number of thiazole rings is 1. The van der Waals surface area contributed by atoms with E-state index in [4.69, 9.17) is 5.73 Å². The molecule has 0 bridgehead atoms. The molecule has 16 heavy (non-hydrogen) atoms. The van der Waals surface area contributed by atoms with Gasteiger partial charge in [-0.2, -0.15) is 0 Å². The van der Waals surface area contributed by atoms with Crippen molar-refractivity contribution in [2.45, 2.75) is 19.9 Å². The van der Waals surface area contributed by atoms with Crippen molar-refractivity contribution in [2.75, 3.05) is 12.4 Å². The molecule has 0 aliphatic carbocycles. The second-order valence-electron chi connectivity index (χ2n) is 3.20. The van der Waals surface area contributed by atoms with Crippen LogP contribution < -0.4 is 11.1 Å². The number of anilines is 1. The Morgan fingerprint density at radius 3 is 2.69 bits per heavy atom. The van der Waals surface area contributed by atoms with Gasteiger partial charge in [-0.3, -0.25) is 4.79 Å². The third-order valence-corrected chi connectivity index (χ3v) is 2.86. The molecule has 3 N–H and O–H groups in total. The maximum Gasteiger partial charge on any atom is 0.350 e. The standard InChI is InChI=1S/C9H13N3O3S/c1-4(10)7(13)12-9-11-5(2)6(16-9)8(14)15-3/h4H,10H2,1-3H3,(H,11,12,13). The maximum atomic E-state index is 11.3. The zero-order valence-electron chi connectivity index (χ0n) is 9.23. The zero-order valence-corrected chi connectivity index (χ0v) is 10.1. The minimum absolute atomic E-state index is 0.342. The highest BCUT2D eigenvalue weighted by molar-refractivity contribution is 7.17. The van der Waals surface area contributed by atoms with Crippen LogP contribution in [-0.2, 0) is 9.53 Å². The van der Waals surface area contributed by atoms with Crippen molar-refractivity contribution in [3.8, 4) is 0 Å². The number of nitrogens with zero attached hydrogens (tertiary/aromatic N) is 1. The second kappa shape index (κ2) is 5.04. The summed E-state index contributed by atoms with van der Waals surface area (Å²) >= 11 is 1.06. The molecule has 1 amide bonds. The lowest BCUT2D eigenvalue weighted by Gasteiger charge is -2.03. The van der Waals surface area contributed by atoms with E-state index in [1.165, 1.54) is 7.11 Å². The van der Waals surface area contributed by atoms with Gasteiger partial charge in [-0.15, -0.1) is 0 Å². The normalized spacial score (nSPS) is 12.0. The summed E-state index contributed by atoms with van der Waals surface area (Å²) in [7, 11) is 1.29. The zero-order chi connectivity index (χ0) is 12.3. The van der Waals surface area contributed by atoms with Gasteiger partial charge in [-0.05, 0) is 13.8 Å². The molecule has 1 aromatic rings. The average Bonchev–Trinajstić information content (AvgIpc) is 2.58. The van der Waals surface area contributed by atoms with Crippen molar-refractivity contribution in [1.29, 1.82) is 0 Å². The number of amides is 1. The lowest BCUT2D eigenvalue weighted by atomic mass is 10.3. The molecule has 7 heteroatoms.